The molecule has 1 aromatic rings. The van der Waals surface area contributed by atoms with Crippen molar-refractivity contribution in [3.05, 3.63) is 33.9 Å². The minimum absolute atomic E-state index is 0.0746. The molecule has 0 spiro atoms. The standard InChI is InChI=1S/C17H23N3O4S/c1-10-4-3-5-13(11(10)2)19-16(21)9-25-15-7-6-12(17(18)22)8-14(15)20(23)24/h6-8,10-11,13H,3-5,9H2,1-2H3,(H2,18,22)(H,19,21). The number of thioether (sulfide) groups is 1. The highest BCUT2D eigenvalue weighted by molar-refractivity contribution is 8.00. The number of nitrogens with zero attached hydrogens (tertiary/aromatic N) is 1. The zero-order valence-corrected chi connectivity index (χ0v) is 15.2. The summed E-state index contributed by atoms with van der Waals surface area (Å²) in [6.45, 7) is 4.34. The molecule has 0 saturated heterocycles. The predicted molar refractivity (Wildman–Crippen MR) is 96.4 cm³/mol. The zero-order valence-electron chi connectivity index (χ0n) is 14.4. The molecule has 1 saturated carbocycles. The second kappa shape index (κ2) is 8.33. The molecule has 136 valence electrons. The van der Waals surface area contributed by atoms with Crippen molar-refractivity contribution in [2.45, 2.75) is 44.0 Å². The van der Waals surface area contributed by atoms with Gasteiger partial charge in [-0.2, -0.15) is 0 Å². The summed E-state index contributed by atoms with van der Waals surface area (Å²) in [5, 5.41) is 14.2. The van der Waals surface area contributed by atoms with Gasteiger partial charge in [-0.05, 0) is 30.4 Å². The predicted octanol–water partition coefficient (Wildman–Crippen LogP) is 2.73. The van der Waals surface area contributed by atoms with Crippen LogP contribution in [0.2, 0.25) is 0 Å². The summed E-state index contributed by atoms with van der Waals surface area (Å²) in [6.07, 6.45) is 3.25. The molecular weight excluding hydrogens is 342 g/mol. The van der Waals surface area contributed by atoms with Gasteiger partial charge in [-0.1, -0.05) is 26.7 Å². The van der Waals surface area contributed by atoms with E-state index in [-0.39, 0.29) is 29.0 Å². The van der Waals surface area contributed by atoms with Gasteiger partial charge in [0.15, 0.2) is 0 Å². The van der Waals surface area contributed by atoms with Gasteiger partial charge in [-0.3, -0.25) is 19.7 Å². The minimum atomic E-state index is -0.724. The number of nitro groups is 1. The Bertz CT molecular complexity index is 680. The van der Waals surface area contributed by atoms with Crippen molar-refractivity contribution in [1.82, 2.24) is 5.32 Å². The number of nitro benzene ring substituents is 1. The van der Waals surface area contributed by atoms with E-state index in [1.165, 1.54) is 18.6 Å². The highest BCUT2D eigenvalue weighted by Crippen LogP contribution is 2.31. The fourth-order valence-electron chi connectivity index (χ4n) is 3.11. The Morgan fingerprint density at radius 2 is 2.08 bits per heavy atom. The van der Waals surface area contributed by atoms with Crippen molar-refractivity contribution < 1.29 is 14.5 Å². The molecule has 3 N–H and O–H groups in total. The van der Waals surface area contributed by atoms with Crippen LogP contribution in [0.25, 0.3) is 0 Å². The van der Waals surface area contributed by atoms with Crippen LogP contribution in [0.3, 0.4) is 0 Å². The van der Waals surface area contributed by atoms with Crippen LogP contribution < -0.4 is 11.1 Å². The lowest BCUT2D eigenvalue weighted by molar-refractivity contribution is -0.387. The molecule has 0 heterocycles. The third-order valence-electron chi connectivity index (χ3n) is 4.85. The lowest BCUT2D eigenvalue weighted by atomic mass is 9.78. The zero-order chi connectivity index (χ0) is 18.6. The molecule has 1 fully saturated rings. The molecule has 0 aliphatic heterocycles. The van der Waals surface area contributed by atoms with Crippen LogP contribution in [-0.4, -0.2) is 28.5 Å². The van der Waals surface area contributed by atoms with Gasteiger partial charge < -0.3 is 11.1 Å². The Hall–Kier alpha value is -2.09. The molecular formula is C17H23N3O4S. The van der Waals surface area contributed by atoms with E-state index in [1.54, 1.807) is 0 Å². The maximum Gasteiger partial charge on any atom is 0.283 e. The lowest BCUT2D eigenvalue weighted by Gasteiger charge is -2.34. The first kappa shape index (κ1) is 19.2. The van der Waals surface area contributed by atoms with Gasteiger partial charge >= 0.3 is 0 Å². The molecule has 1 aliphatic rings. The number of hydrogen-bond donors (Lipinski definition) is 2. The maximum atomic E-state index is 12.2. The normalized spacial score (nSPS) is 23.0. The van der Waals surface area contributed by atoms with Gasteiger partial charge in [0, 0.05) is 17.7 Å². The molecule has 25 heavy (non-hydrogen) atoms. The van der Waals surface area contributed by atoms with E-state index in [0.717, 1.165) is 30.7 Å². The fourth-order valence-corrected chi connectivity index (χ4v) is 3.93. The van der Waals surface area contributed by atoms with E-state index in [2.05, 4.69) is 19.2 Å². The van der Waals surface area contributed by atoms with Crippen molar-refractivity contribution in [2.24, 2.45) is 17.6 Å². The lowest BCUT2D eigenvalue weighted by Crippen LogP contribution is -2.44. The summed E-state index contributed by atoms with van der Waals surface area (Å²) < 4.78 is 0. The Labute approximate surface area is 150 Å². The Balaban J connectivity index is 1.99. The first-order valence-corrected chi connectivity index (χ1v) is 9.28. The van der Waals surface area contributed by atoms with E-state index < -0.39 is 10.8 Å². The van der Waals surface area contributed by atoms with Gasteiger partial charge in [0.25, 0.3) is 5.69 Å². The van der Waals surface area contributed by atoms with Crippen LogP contribution in [0, 0.1) is 22.0 Å². The summed E-state index contributed by atoms with van der Waals surface area (Å²) in [4.78, 5) is 34.3. The average Bonchev–Trinajstić information content (AvgIpc) is 2.56. The summed E-state index contributed by atoms with van der Waals surface area (Å²) in [7, 11) is 0. The second-order valence-electron chi connectivity index (χ2n) is 6.53. The largest absolute Gasteiger partial charge is 0.366 e. The molecule has 0 radical (unpaired) electrons. The van der Waals surface area contributed by atoms with E-state index in [4.69, 9.17) is 5.73 Å². The second-order valence-corrected chi connectivity index (χ2v) is 7.55. The quantitative estimate of drug-likeness (QED) is 0.457. The van der Waals surface area contributed by atoms with E-state index in [9.17, 15) is 19.7 Å². The van der Waals surface area contributed by atoms with Crippen molar-refractivity contribution in [3.8, 4) is 0 Å². The molecule has 2 rings (SSSR count). The third-order valence-corrected chi connectivity index (χ3v) is 5.91. The first-order chi connectivity index (χ1) is 11.8. The number of carbonyl (C=O) groups excluding carboxylic acids is 2. The van der Waals surface area contributed by atoms with Gasteiger partial charge in [-0.25, -0.2) is 0 Å². The number of amides is 2. The average molecular weight is 365 g/mol. The molecule has 8 heteroatoms. The van der Waals surface area contributed by atoms with E-state index in [0.29, 0.717) is 16.7 Å². The molecule has 1 aromatic carbocycles. The van der Waals surface area contributed by atoms with Crippen LogP contribution in [0.5, 0.6) is 0 Å². The molecule has 3 atom stereocenters. The van der Waals surface area contributed by atoms with Gasteiger partial charge in [0.2, 0.25) is 11.8 Å². The topological polar surface area (TPSA) is 115 Å². The summed E-state index contributed by atoms with van der Waals surface area (Å²) >= 11 is 1.09. The molecule has 0 aromatic heterocycles. The van der Waals surface area contributed by atoms with Gasteiger partial charge in [-0.15, -0.1) is 11.8 Å². The summed E-state index contributed by atoms with van der Waals surface area (Å²) in [5.74, 6) is 0.233. The monoisotopic (exact) mass is 365 g/mol. The number of nitrogens with two attached hydrogens (primary N) is 1. The van der Waals surface area contributed by atoms with Crippen LogP contribution in [0.1, 0.15) is 43.5 Å². The Kier molecular flexibility index (Phi) is 6.41. The fraction of sp³-hybridized carbons (Fsp3) is 0.529. The SMILES string of the molecule is CC1CCCC(NC(=O)CSc2ccc(C(N)=O)cc2[N+](=O)[O-])C1C. The van der Waals surface area contributed by atoms with Crippen LogP contribution in [0.4, 0.5) is 5.69 Å². The summed E-state index contributed by atoms with van der Waals surface area (Å²) in [6, 6.07) is 4.19. The minimum Gasteiger partial charge on any atom is -0.366 e. The third kappa shape index (κ3) is 4.94. The molecule has 3 unspecified atom stereocenters. The van der Waals surface area contributed by atoms with E-state index >= 15 is 0 Å². The van der Waals surface area contributed by atoms with Crippen LogP contribution in [0.15, 0.2) is 23.1 Å². The maximum absolute atomic E-state index is 12.2. The smallest absolute Gasteiger partial charge is 0.283 e. The van der Waals surface area contributed by atoms with Crippen molar-refractivity contribution >= 4 is 29.3 Å². The van der Waals surface area contributed by atoms with Crippen molar-refractivity contribution in [2.75, 3.05) is 5.75 Å². The first-order valence-electron chi connectivity index (χ1n) is 8.30. The molecule has 2 amide bonds. The number of rotatable bonds is 6. The van der Waals surface area contributed by atoms with Crippen LogP contribution in [-0.2, 0) is 4.79 Å². The Morgan fingerprint density at radius 3 is 2.72 bits per heavy atom. The number of benzene rings is 1. The molecule has 1 aliphatic carbocycles. The number of hydrogen-bond acceptors (Lipinski definition) is 5. The van der Waals surface area contributed by atoms with E-state index in [1.807, 2.05) is 0 Å². The van der Waals surface area contributed by atoms with Gasteiger partial charge in [0.05, 0.1) is 15.6 Å². The van der Waals surface area contributed by atoms with Crippen molar-refractivity contribution in [1.29, 1.82) is 0 Å². The molecule has 7 nitrogen and oxygen atoms in total. The van der Waals surface area contributed by atoms with Gasteiger partial charge in [0.1, 0.15) is 0 Å². The van der Waals surface area contributed by atoms with Crippen molar-refractivity contribution in [3.63, 3.8) is 0 Å². The number of nitrogens with one attached hydrogen (secondary N) is 1. The number of primary amides is 1. The molecule has 0 bridgehead atoms. The highest BCUT2D eigenvalue weighted by Gasteiger charge is 2.28. The highest BCUT2D eigenvalue weighted by atomic mass is 32.2. The number of carbonyl (C=O) groups is 2. The Morgan fingerprint density at radius 1 is 1.36 bits per heavy atom. The summed E-state index contributed by atoms with van der Waals surface area (Å²) in [5.41, 5.74) is 5.01. The van der Waals surface area contributed by atoms with Crippen LogP contribution >= 0.6 is 11.8 Å².